The SMILES string of the molecule is CCn1cc([N+](=O)[O-])c(C(=O)N2N=C3/C(=C/c4cccs4)CC(C)CC3C2c2cccs2)n1. The lowest BCUT2D eigenvalue weighted by Gasteiger charge is -2.31. The van der Waals surface area contributed by atoms with Gasteiger partial charge in [0.2, 0.25) is 5.69 Å². The highest BCUT2D eigenvalue weighted by Gasteiger charge is 2.47. The fourth-order valence-corrected chi connectivity index (χ4v) is 6.26. The Bertz CT molecular complexity index is 1240. The number of aromatic nitrogens is 2. The molecule has 1 fully saturated rings. The van der Waals surface area contributed by atoms with E-state index in [1.165, 1.54) is 15.9 Å². The first-order chi connectivity index (χ1) is 16.0. The van der Waals surface area contributed by atoms with Gasteiger partial charge in [0, 0.05) is 22.2 Å². The zero-order valence-corrected chi connectivity index (χ0v) is 19.9. The van der Waals surface area contributed by atoms with Crippen LogP contribution in [0.4, 0.5) is 5.69 Å². The van der Waals surface area contributed by atoms with Crippen LogP contribution in [0.3, 0.4) is 0 Å². The van der Waals surface area contributed by atoms with Crippen molar-refractivity contribution in [3.05, 3.63) is 72.4 Å². The average Bonchev–Trinajstić information content (AvgIpc) is 3.58. The molecule has 4 heterocycles. The number of hydrogen-bond acceptors (Lipinski definition) is 7. The minimum atomic E-state index is -0.549. The molecule has 33 heavy (non-hydrogen) atoms. The van der Waals surface area contributed by atoms with Gasteiger partial charge in [0.1, 0.15) is 6.20 Å². The fraction of sp³-hybridized carbons (Fsp3) is 0.348. The Hall–Kier alpha value is -3.11. The third-order valence-electron chi connectivity index (χ3n) is 6.13. The van der Waals surface area contributed by atoms with Crippen LogP contribution in [-0.2, 0) is 6.54 Å². The van der Waals surface area contributed by atoms with Crippen molar-refractivity contribution in [2.75, 3.05) is 0 Å². The van der Waals surface area contributed by atoms with E-state index < -0.39 is 10.8 Å². The molecule has 170 valence electrons. The Balaban J connectivity index is 1.61. The molecule has 1 aliphatic carbocycles. The van der Waals surface area contributed by atoms with Crippen molar-refractivity contribution in [3.8, 4) is 0 Å². The van der Waals surface area contributed by atoms with Crippen LogP contribution in [-0.4, -0.2) is 31.3 Å². The van der Waals surface area contributed by atoms with Crippen molar-refractivity contribution in [3.63, 3.8) is 0 Å². The zero-order chi connectivity index (χ0) is 23.1. The largest absolute Gasteiger partial charge is 0.320 e. The molecule has 0 bridgehead atoms. The van der Waals surface area contributed by atoms with Crippen LogP contribution in [0, 0.1) is 22.0 Å². The molecule has 0 spiro atoms. The standard InChI is InChI=1S/C23H23N5O3S2/c1-3-26-13-18(28(30)31)21(24-26)23(29)27-22(19-7-5-9-33-19)17-11-14(2)10-15(20(17)25-27)12-16-6-4-8-32-16/h4-9,12-14,17,22H,3,10-11H2,1-2H3/b15-12+. The second kappa shape index (κ2) is 8.68. The molecule has 1 saturated carbocycles. The molecule has 10 heteroatoms. The van der Waals surface area contributed by atoms with E-state index in [0.29, 0.717) is 12.5 Å². The summed E-state index contributed by atoms with van der Waals surface area (Å²) in [5, 5.41) is 26.2. The number of nitrogens with zero attached hydrogens (tertiary/aromatic N) is 5. The van der Waals surface area contributed by atoms with Crippen molar-refractivity contribution < 1.29 is 9.72 Å². The highest BCUT2D eigenvalue weighted by molar-refractivity contribution is 7.11. The highest BCUT2D eigenvalue weighted by Crippen LogP contribution is 2.47. The highest BCUT2D eigenvalue weighted by atomic mass is 32.1. The lowest BCUT2D eigenvalue weighted by molar-refractivity contribution is -0.385. The predicted molar refractivity (Wildman–Crippen MR) is 129 cm³/mol. The van der Waals surface area contributed by atoms with Gasteiger partial charge in [-0.1, -0.05) is 19.1 Å². The molecule has 1 amide bonds. The van der Waals surface area contributed by atoms with Crippen molar-refractivity contribution in [2.24, 2.45) is 16.9 Å². The van der Waals surface area contributed by atoms with Gasteiger partial charge in [-0.15, -0.1) is 22.7 Å². The van der Waals surface area contributed by atoms with E-state index in [9.17, 15) is 14.9 Å². The Morgan fingerprint density at radius 2 is 2.09 bits per heavy atom. The van der Waals surface area contributed by atoms with E-state index in [2.05, 4.69) is 24.2 Å². The molecule has 8 nitrogen and oxygen atoms in total. The number of carbonyl (C=O) groups is 1. The Kier molecular flexibility index (Phi) is 5.71. The summed E-state index contributed by atoms with van der Waals surface area (Å²) in [6.07, 6.45) is 5.27. The van der Waals surface area contributed by atoms with Crippen LogP contribution >= 0.6 is 22.7 Å². The molecule has 3 atom stereocenters. The summed E-state index contributed by atoms with van der Waals surface area (Å²) in [5.41, 5.74) is 1.59. The third-order valence-corrected chi connectivity index (χ3v) is 7.90. The number of thiophene rings is 2. The number of carbonyl (C=O) groups excluding carboxylic acids is 1. The van der Waals surface area contributed by atoms with Crippen molar-refractivity contribution in [2.45, 2.75) is 39.3 Å². The summed E-state index contributed by atoms with van der Waals surface area (Å²) in [5.74, 6) is -0.0569. The maximum atomic E-state index is 13.7. The molecular formula is C23H23N5O3S2. The maximum absolute atomic E-state index is 13.7. The summed E-state index contributed by atoms with van der Waals surface area (Å²) >= 11 is 3.24. The Morgan fingerprint density at radius 3 is 2.76 bits per heavy atom. The first-order valence-corrected chi connectivity index (χ1v) is 12.6. The summed E-state index contributed by atoms with van der Waals surface area (Å²) < 4.78 is 1.42. The van der Waals surface area contributed by atoms with Crippen LogP contribution in [0.15, 0.2) is 51.9 Å². The molecule has 0 aromatic carbocycles. The third kappa shape index (κ3) is 3.93. The first kappa shape index (κ1) is 21.7. The number of rotatable bonds is 5. The molecule has 0 radical (unpaired) electrons. The van der Waals surface area contributed by atoms with Crippen LogP contribution in [0.2, 0.25) is 0 Å². The van der Waals surface area contributed by atoms with Crippen LogP contribution in [0.1, 0.15) is 53.0 Å². The maximum Gasteiger partial charge on any atom is 0.320 e. The van der Waals surface area contributed by atoms with Gasteiger partial charge in [0.15, 0.2) is 0 Å². The topological polar surface area (TPSA) is 93.6 Å². The Morgan fingerprint density at radius 1 is 1.30 bits per heavy atom. The van der Waals surface area contributed by atoms with Crippen molar-refractivity contribution in [1.82, 2.24) is 14.8 Å². The minimum Gasteiger partial charge on any atom is -0.265 e. The number of hydrogen-bond donors (Lipinski definition) is 0. The number of fused-ring (bicyclic) bond motifs is 1. The van der Waals surface area contributed by atoms with E-state index in [4.69, 9.17) is 5.10 Å². The van der Waals surface area contributed by atoms with Gasteiger partial charge in [-0.3, -0.25) is 19.6 Å². The summed E-state index contributed by atoms with van der Waals surface area (Å²) in [6.45, 7) is 4.49. The summed E-state index contributed by atoms with van der Waals surface area (Å²) in [4.78, 5) is 26.9. The lowest BCUT2D eigenvalue weighted by atomic mass is 9.74. The first-order valence-electron chi connectivity index (χ1n) is 10.9. The van der Waals surface area contributed by atoms with Crippen LogP contribution in [0.25, 0.3) is 6.08 Å². The normalized spacial score (nSPS) is 23.6. The van der Waals surface area contributed by atoms with Crippen molar-refractivity contribution in [1.29, 1.82) is 0 Å². The second-order valence-corrected chi connectivity index (χ2v) is 10.4. The number of allylic oxidation sites excluding steroid dienone is 1. The summed E-state index contributed by atoms with van der Waals surface area (Å²) in [6, 6.07) is 7.76. The van der Waals surface area contributed by atoms with Crippen molar-refractivity contribution >= 4 is 46.1 Å². The summed E-state index contributed by atoms with van der Waals surface area (Å²) in [7, 11) is 0. The van der Waals surface area contributed by atoms with Gasteiger partial charge in [0.25, 0.3) is 0 Å². The van der Waals surface area contributed by atoms with Gasteiger partial charge in [-0.05, 0) is 60.2 Å². The van der Waals surface area contributed by atoms with Crippen LogP contribution < -0.4 is 0 Å². The molecule has 0 saturated heterocycles. The van der Waals surface area contributed by atoms with Gasteiger partial charge in [-0.25, -0.2) is 5.01 Å². The van der Waals surface area contributed by atoms with Gasteiger partial charge in [-0.2, -0.15) is 10.2 Å². The molecule has 3 unspecified atom stereocenters. The van der Waals surface area contributed by atoms with E-state index in [-0.39, 0.29) is 23.3 Å². The molecule has 2 aliphatic rings. The van der Waals surface area contributed by atoms with Gasteiger partial charge >= 0.3 is 11.6 Å². The number of nitro groups is 1. The fourth-order valence-electron chi connectivity index (χ4n) is 4.71. The number of aryl methyl sites for hydroxylation is 1. The van der Waals surface area contributed by atoms with E-state index in [1.54, 1.807) is 22.7 Å². The monoisotopic (exact) mass is 481 g/mol. The predicted octanol–water partition coefficient (Wildman–Crippen LogP) is 5.62. The molecular weight excluding hydrogens is 458 g/mol. The van der Waals surface area contributed by atoms with Gasteiger partial charge in [0.05, 0.1) is 16.7 Å². The Labute approximate surface area is 199 Å². The molecule has 3 aromatic heterocycles. The zero-order valence-electron chi connectivity index (χ0n) is 18.2. The number of amides is 1. The number of hydrazone groups is 1. The van der Waals surface area contributed by atoms with Crippen LogP contribution in [0.5, 0.6) is 0 Å². The minimum absolute atomic E-state index is 0.0369. The molecule has 1 aliphatic heterocycles. The van der Waals surface area contributed by atoms with E-state index >= 15 is 0 Å². The van der Waals surface area contributed by atoms with E-state index in [1.807, 2.05) is 35.9 Å². The van der Waals surface area contributed by atoms with E-state index in [0.717, 1.165) is 33.9 Å². The van der Waals surface area contributed by atoms with Gasteiger partial charge < -0.3 is 0 Å². The molecule has 3 aromatic rings. The molecule has 5 rings (SSSR count). The molecule has 0 N–H and O–H groups in total. The quantitative estimate of drug-likeness (QED) is 0.349. The second-order valence-electron chi connectivity index (χ2n) is 8.41. The smallest absolute Gasteiger partial charge is 0.265 e. The lowest BCUT2D eigenvalue weighted by Crippen LogP contribution is -2.33. The average molecular weight is 482 g/mol.